The Kier molecular flexibility index (Phi) is 2.94. The zero-order chi connectivity index (χ0) is 11.4. The average Bonchev–Trinajstić information content (AvgIpc) is 2.30. The summed E-state index contributed by atoms with van der Waals surface area (Å²) in [5, 5.41) is 19.1. The first-order valence-corrected chi connectivity index (χ1v) is 4.79. The van der Waals surface area contributed by atoms with E-state index in [2.05, 4.69) is 26.6 Å². The molecule has 6 heteroatoms. The quantitative estimate of drug-likeness (QED) is 0.857. The number of nitriles is 1. The molecule has 0 atom stereocenters. The van der Waals surface area contributed by atoms with Gasteiger partial charge in [-0.15, -0.1) is 5.10 Å². The molecule has 0 unspecified atom stereocenters. The molecule has 2 aromatic rings. The molecule has 0 radical (unpaired) electrons. The zero-order valence-corrected chi connectivity index (χ0v) is 8.81. The number of para-hydroxylation sites is 1. The lowest BCUT2D eigenvalue weighted by Crippen LogP contribution is -1.98. The molecule has 16 heavy (non-hydrogen) atoms. The Morgan fingerprint density at radius 3 is 2.88 bits per heavy atom. The molecule has 5 nitrogen and oxygen atoms in total. The van der Waals surface area contributed by atoms with Crippen LogP contribution in [0.4, 0.5) is 11.5 Å². The largest absolute Gasteiger partial charge is 0.338 e. The highest BCUT2D eigenvalue weighted by Crippen LogP contribution is 2.18. The van der Waals surface area contributed by atoms with Crippen LogP contribution in [0.3, 0.4) is 0 Å². The molecule has 1 aromatic heterocycles. The van der Waals surface area contributed by atoms with Crippen molar-refractivity contribution in [2.24, 2.45) is 0 Å². The molecule has 1 N–H and O–H groups in total. The van der Waals surface area contributed by atoms with Gasteiger partial charge in [-0.2, -0.15) is 15.3 Å². The third-order valence-corrected chi connectivity index (χ3v) is 2.00. The van der Waals surface area contributed by atoms with E-state index in [4.69, 9.17) is 16.9 Å². The minimum absolute atomic E-state index is 0.0550. The van der Waals surface area contributed by atoms with Crippen LogP contribution >= 0.6 is 11.6 Å². The van der Waals surface area contributed by atoms with Crippen LogP contribution in [0.25, 0.3) is 0 Å². The van der Waals surface area contributed by atoms with Crippen LogP contribution < -0.4 is 5.32 Å². The van der Waals surface area contributed by atoms with Crippen LogP contribution in [-0.4, -0.2) is 15.2 Å². The minimum Gasteiger partial charge on any atom is -0.338 e. The molecule has 0 aliphatic carbocycles. The van der Waals surface area contributed by atoms with E-state index in [0.717, 1.165) is 0 Å². The third kappa shape index (κ3) is 2.24. The SMILES string of the molecule is N#Cc1ccccc1Nc1cnnc(Cl)n1. The van der Waals surface area contributed by atoms with Crippen molar-refractivity contribution in [3.05, 3.63) is 41.3 Å². The summed E-state index contributed by atoms with van der Waals surface area (Å²) >= 11 is 5.60. The highest BCUT2D eigenvalue weighted by molar-refractivity contribution is 6.28. The van der Waals surface area contributed by atoms with Gasteiger partial charge in [-0.1, -0.05) is 12.1 Å². The van der Waals surface area contributed by atoms with E-state index in [1.165, 1.54) is 6.20 Å². The van der Waals surface area contributed by atoms with Gasteiger partial charge in [0, 0.05) is 0 Å². The Morgan fingerprint density at radius 2 is 2.12 bits per heavy atom. The van der Waals surface area contributed by atoms with E-state index >= 15 is 0 Å². The van der Waals surface area contributed by atoms with Crippen LogP contribution in [0.2, 0.25) is 5.28 Å². The van der Waals surface area contributed by atoms with Crippen LogP contribution in [0.1, 0.15) is 5.56 Å². The van der Waals surface area contributed by atoms with Crippen LogP contribution in [0.5, 0.6) is 0 Å². The van der Waals surface area contributed by atoms with Gasteiger partial charge in [0.1, 0.15) is 6.07 Å². The topological polar surface area (TPSA) is 74.5 Å². The van der Waals surface area contributed by atoms with Gasteiger partial charge in [0.15, 0.2) is 5.82 Å². The lowest BCUT2D eigenvalue weighted by atomic mass is 10.2. The Morgan fingerprint density at radius 1 is 1.31 bits per heavy atom. The van der Waals surface area contributed by atoms with Gasteiger partial charge in [0.25, 0.3) is 0 Å². The number of nitrogens with one attached hydrogen (secondary N) is 1. The molecule has 1 aromatic carbocycles. The molecule has 0 fully saturated rings. The second kappa shape index (κ2) is 4.55. The Bertz CT molecular complexity index is 549. The van der Waals surface area contributed by atoms with Gasteiger partial charge < -0.3 is 5.32 Å². The van der Waals surface area contributed by atoms with Crippen molar-refractivity contribution in [3.8, 4) is 6.07 Å². The molecule has 1 heterocycles. The Hall–Kier alpha value is -2.19. The number of nitrogens with zero attached hydrogens (tertiary/aromatic N) is 4. The molecule has 0 aliphatic rings. The van der Waals surface area contributed by atoms with Gasteiger partial charge in [-0.3, -0.25) is 0 Å². The third-order valence-electron chi connectivity index (χ3n) is 1.84. The van der Waals surface area contributed by atoms with E-state index in [0.29, 0.717) is 17.1 Å². The number of hydrogen-bond acceptors (Lipinski definition) is 5. The monoisotopic (exact) mass is 231 g/mol. The summed E-state index contributed by atoms with van der Waals surface area (Å²) in [7, 11) is 0. The maximum absolute atomic E-state index is 8.89. The number of anilines is 2. The summed E-state index contributed by atoms with van der Waals surface area (Å²) in [6, 6.07) is 9.16. The van der Waals surface area contributed by atoms with Gasteiger partial charge in [0.05, 0.1) is 17.4 Å². The normalized spacial score (nSPS) is 9.50. The van der Waals surface area contributed by atoms with Crippen molar-refractivity contribution in [1.29, 1.82) is 5.26 Å². The first-order valence-electron chi connectivity index (χ1n) is 4.41. The predicted octanol–water partition coefficient (Wildman–Crippen LogP) is 2.14. The Balaban J connectivity index is 2.31. The van der Waals surface area contributed by atoms with Crippen molar-refractivity contribution < 1.29 is 0 Å². The maximum Gasteiger partial charge on any atom is 0.244 e. The molecule has 0 amide bonds. The lowest BCUT2D eigenvalue weighted by Gasteiger charge is -2.05. The van der Waals surface area contributed by atoms with Gasteiger partial charge in [0.2, 0.25) is 5.28 Å². The van der Waals surface area contributed by atoms with Gasteiger partial charge in [-0.25, -0.2) is 0 Å². The van der Waals surface area contributed by atoms with E-state index < -0.39 is 0 Å². The summed E-state index contributed by atoms with van der Waals surface area (Å²) in [5.74, 6) is 0.447. The second-order valence-corrected chi connectivity index (χ2v) is 3.23. The predicted molar refractivity (Wildman–Crippen MR) is 59.3 cm³/mol. The fraction of sp³-hybridized carbons (Fsp3) is 0. The molecular formula is C10H6ClN5. The molecule has 0 saturated carbocycles. The van der Waals surface area contributed by atoms with E-state index in [9.17, 15) is 0 Å². The number of rotatable bonds is 2. The van der Waals surface area contributed by atoms with Crippen molar-refractivity contribution in [3.63, 3.8) is 0 Å². The van der Waals surface area contributed by atoms with Gasteiger partial charge >= 0.3 is 0 Å². The fourth-order valence-electron chi connectivity index (χ4n) is 1.17. The summed E-state index contributed by atoms with van der Waals surface area (Å²) in [6.07, 6.45) is 1.43. The van der Waals surface area contributed by atoms with Crippen LogP contribution in [0, 0.1) is 11.3 Å². The number of benzene rings is 1. The van der Waals surface area contributed by atoms with E-state index in [1.807, 2.05) is 6.07 Å². The zero-order valence-electron chi connectivity index (χ0n) is 8.05. The molecule has 0 aliphatic heterocycles. The Labute approximate surface area is 96.7 Å². The van der Waals surface area contributed by atoms with Crippen LogP contribution in [0.15, 0.2) is 30.5 Å². The number of aromatic nitrogens is 3. The van der Waals surface area contributed by atoms with Crippen molar-refractivity contribution in [1.82, 2.24) is 15.2 Å². The van der Waals surface area contributed by atoms with Crippen molar-refractivity contribution in [2.45, 2.75) is 0 Å². The second-order valence-electron chi connectivity index (χ2n) is 2.89. The van der Waals surface area contributed by atoms with E-state index in [-0.39, 0.29) is 5.28 Å². The summed E-state index contributed by atoms with van der Waals surface area (Å²) in [4.78, 5) is 3.92. The molecule has 2 rings (SSSR count). The molecular weight excluding hydrogens is 226 g/mol. The average molecular weight is 232 g/mol. The standard InChI is InChI=1S/C10H6ClN5/c11-10-15-9(6-13-16-10)14-8-4-2-1-3-7(8)5-12/h1-4,6H,(H,14,15,16). The number of halogens is 1. The smallest absolute Gasteiger partial charge is 0.244 e. The summed E-state index contributed by atoms with van der Waals surface area (Å²) in [6.45, 7) is 0. The summed E-state index contributed by atoms with van der Waals surface area (Å²) < 4.78 is 0. The first-order chi connectivity index (χ1) is 7.79. The van der Waals surface area contributed by atoms with Crippen LogP contribution in [-0.2, 0) is 0 Å². The van der Waals surface area contributed by atoms with Crippen molar-refractivity contribution >= 4 is 23.1 Å². The molecule has 78 valence electrons. The first kappa shape index (κ1) is 10.3. The summed E-state index contributed by atoms with van der Waals surface area (Å²) in [5.41, 5.74) is 1.18. The highest BCUT2D eigenvalue weighted by atomic mass is 35.5. The lowest BCUT2D eigenvalue weighted by molar-refractivity contribution is 0.974. The number of hydrogen-bond donors (Lipinski definition) is 1. The van der Waals surface area contributed by atoms with E-state index in [1.54, 1.807) is 18.2 Å². The molecule has 0 spiro atoms. The van der Waals surface area contributed by atoms with Crippen molar-refractivity contribution in [2.75, 3.05) is 5.32 Å². The van der Waals surface area contributed by atoms with Gasteiger partial charge in [-0.05, 0) is 23.7 Å². The highest BCUT2D eigenvalue weighted by Gasteiger charge is 2.02. The maximum atomic E-state index is 8.89. The molecule has 0 bridgehead atoms. The minimum atomic E-state index is 0.0550. The molecule has 0 saturated heterocycles. The fourth-order valence-corrected chi connectivity index (χ4v) is 1.30.